The van der Waals surface area contributed by atoms with Crippen molar-refractivity contribution < 1.29 is 14.3 Å². The van der Waals surface area contributed by atoms with Crippen LogP contribution in [0.15, 0.2) is 6.20 Å². The summed E-state index contributed by atoms with van der Waals surface area (Å²) < 4.78 is 11.3. The SMILES string of the molecule is CCOCCOC(C)C(=O)n1ncc(C#N)c1N. The Hall–Kier alpha value is -1.91. The van der Waals surface area contributed by atoms with Gasteiger partial charge in [0, 0.05) is 6.61 Å². The van der Waals surface area contributed by atoms with Crippen molar-refractivity contribution in [2.24, 2.45) is 0 Å². The third kappa shape index (κ3) is 3.29. The van der Waals surface area contributed by atoms with Crippen molar-refractivity contribution in [3.8, 4) is 6.07 Å². The molecule has 0 saturated heterocycles. The Balaban J connectivity index is 2.58. The van der Waals surface area contributed by atoms with Gasteiger partial charge in [0.1, 0.15) is 23.6 Å². The second-order valence-electron chi connectivity index (χ2n) is 3.52. The van der Waals surface area contributed by atoms with Crippen LogP contribution >= 0.6 is 0 Å². The van der Waals surface area contributed by atoms with E-state index in [9.17, 15) is 4.79 Å². The van der Waals surface area contributed by atoms with Gasteiger partial charge in [0.25, 0.3) is 5.91 Å². The van der Waals surface area contributed by atoms with Gasteiger partial charge in [0.2, 0.25) is 0 Å². The molecule has 0 aromatic carbocycles. The van der Waals surface area contributed by atoms with Crippen LogP contribution in [0.4, 0.5) is 5.82 Å². The van der Waals surface area contributed by atoms with Crippen LogP contribution in [-0.2, 0) is 9.47 Å². The van der Waals surface area contributed by atoms with Crippen LogP contribution in [-0.4, -0.2) is 41.6 Å². The van der Waals surface area contributed by atoms with E-state index in [0.29, 0.717) is 19.8 Å². The lowest BCUT2D eigenvalue weighted by molar-refractivity contribution is 0.0119. The predicted octanol–water partition coefficient (Wildman–Crippen LogP) is 0.419. The van der Waals surface area contributed by atoms with Crippen LogP contribution in [0, 0.1) is 11.3 Å². The first-order chi connectivity index (χ1) is 8.61. The standard InChI is InChI=1S/C11H16N4O3/c1-3-17-4-5-18-8(2)11(16)15-10(13)9(6-12)7-14-15/h7-8H,3-5,13H2,1-2H3. The van der Waals surface area contributed by atoms with Crippen LogP contribution < -0.4 is 5.73 Å². The van der Waals surface area contributed by atoms with E-state index in [1.807, 2.05) is 13.0 Å². The van der Waals surface area contributed by atoms with E-state index in [-0.39, 0.29) is 11.4 Å². The number of carbonyl (C=O) groups is 1. The zero-order valence-corrected chi connectivity index (χ0v) is 10.4. The first-order valence-electron chi connectivity index (χ1n) is 5.59. The zero-order chi connectivity index (χ0) is 13.5. The van der Waals surface area contributed by atoms with Crippen LogP contribution in [0.3, 0.4) is 0 Å². The highest BCUT2D eigenvalue weighted by Crippen LogP contribution is 2.10. The summed E-state index contributed by atoms with van der Waals surface area (Å²) in [7, 11) is 0. The molecule has 1 aromatic heterocycles. The van der Waals surface area contributed by atoms with E-state index in [1.54, 1.807) is 6.92 Å². The fourth-order valence-corrected chi connectivity index (χ4v) is 1.29. The minimum absolute atomic E-state index is 0.0303. The molecule has 98 valence electrons. The quantitative estimate of drug-likeness (QED) is 0.736. The van der Waals surface area contributed by atoms with E-state index in [1.165, 1.54) is 6.20 Å². The zero-order valence-electron chi connectivity index (χ0n) is 10.4. The molecule has 0 amide bonds. The number of hydrogen-bond acceptors (Lipinski definition) is 6. The topological polar surface area (TPSA) is 103 Å². The van der Waals surface area contributed by atoms with Gasteiger partial charge in [0.15, 0.2) is 0 Å². The summed E-state index contributed by atoms with van der Waals surface area (Å²) in [6.07, 6.45) is 0.555. The van der Waals surface area contributed by atoms with Crippen LogP contribution in [0.5, 0.6) is 0 Å². The van der Waals surface area contributed by atoms with Gasteiger partial charge in [-0.1, -0.05) is 0 Å². The van der Waals surface area contributed by atoms with Gasteiger partial charge in [-0.05, 0) is 13.8 Å². The monoisotopic (exact) mass is 252 g/mol. The van der Waals surface area contributed by atoms with Crippen LogP contribution in [0.2, 0.25) is 0 Å². The maximum absolute atomic E-state index is 11.9. The number of hydrogen-bond donors (Lipinski definition) is 1. The van der Waals surface area contributed by atoms with Crippen LogP contribution in [0.1, 0.15) is 24.2 Å². The first-order valence-corrected chi connectivity index (χ1v) is 5.59. The summed E-state index contributed by atoms with van der Waals surface area (Å²) in [6.45, 7) is 4.81. The number of nitriles is 1. The Kier molecular flexibility index (Phi) is 5.30. The molecule has 0 aliphatic rings. The smallest absolute Gasteiger partial charge is 0.277 e. The predicted molar refractivity (Wildman–Crippen MR) is 63.9 cm³/mol. The molecule has 0 aliphatic heterocycles. The van der Waals surface area contributed by atoms with Gasteiger partial charge in [-0.15, -0.1) is 0 Å². The molecule has 0 saturated carbocycles. The lowest BCUT2D eigenvalue weighted by Gasteiger charge is -2.12. The third-order valence-electron chi connectivity index (χ3n) is 2.28. The molecule has 0 spiro atoms. The van der Waals surface area contributed by atoms with Crippen molar-refractivity contribution >= 4 is 11.7 Å². The molecule has 18 heavy (non-hydrogen) atoms. The Bertz CT molecular complexity index is 450. The highest BCUT2D eigenvalue weighted by molar-refractivity contribution is 5.85. The maximum atomic E-state index is 11.9. The van der Waals surface area contributed by atoms with Crippen molar-refractivity contribution in [2.75, 3.05) is 25.6 Å². The summed E-state index contributed by atoms with van der Waals surface area (Å²) >= 11 is 0. The summed E-state index contributed by atoms with van der Waals surface area (Å²) in [5, 5.41) is 12.5. The van der Waals surface area contributed by atoms with Gasteiger partial charge in [-0.3, -0.25) is 4.79 Å². The van der Waals surface area contributed by atoms with Crippen molar-refractivity contribution in [2.45, 2.75) is 20.0 Å². The fourth-order valence-electron chi connectivity index (χ4n) is 1.29. The van der Waals surface area contributed by atoms with E-state index >= 15 is 0 Å². The minimum atomic E-state index is -0.695. The van der Waals surface area contributed by atoms with Crippen LogP contribution in [0.25, 0.3) is 0 Å². The molecule has 0 radical (unpaired) electrons. The molecule has 0 fully saturated rings. The van der Waals surface area contributed by atoms with Crippen molar-refractivity contribution in [3.05, 3.63) is 11.8 Å². The maximum Gasteiger partial charge on any atom is 0.277 e. The molecule has 1 rings (SSSR count). The minimum Gasteiger partial charge on any atom is -0.382 e. The van der Waals surface area contributed by atoms with E-state index < -0.39 is 12.0 Å². The molecule has 1 aromatic rings. The molecule has 1 atom stereocenters. The average molecular weight is 252 g/mol. The van der Waals surface area contributed by atoms with Gasteiger partial charge in [-0.25, -0.2) is 0 Å². The second-order valence-corrected chi connectivity index (χ2v) is 3.52. The molecule has 0 bridgehead atoms. The summed E-state index contributed by atoms with van der Waals surface area (Å²) in [5.41, 5.74) is 5.78. The Morgan fingerprint density at radius 3 is 2.94 bits per heavy atom. The molecule has 0 aliphatic carbocycles. The number of nitrogen functional groups attached to an aromatic ring is 1. The number of nitrogens with two attached hydrogens (primary N) is 1. The van der Waals surface area contributed by atoms with Crippen molar-refractivity contribution in [3.63, 3.8) is 0 Å². The van der Waals surface area contributed by atoms with E-state index in [2.05, 4.69) is 5.10 Å². The summed E-state index contributed by atoms with van der Waals surface area (Å²) in [5.74, 6) is -0.381. The number of carbonyl (C=O) groups excluding carboxylic acids is 1. The number of aromatic nitrogens is 2. The normalized spacial score (nSPS) is 12.1. The Labute approximate surface area is 105 Å². The lowest BCUT2D eigenvalue weighted by Crippen LogP contribution is -2.29. The number of rotatable bonds is 6. The number of nitrogens with zero attached hydrogens (tertiary/aromatic N) is 3. The number of anilines is 1. The van der Waals surface area contributed by atoms with Crippen molar-refractivity contribution in [1.82, 2.24) is 9.78 Å². The summed E-state index contributed by atoms with van der Waals surface area (Å²) in [4.78, 5) is 11.9. The number of ether oxygens (including phenoxy) is 2. The largest absolute Gasteiger partial charge is 0.382 e. The fraction of sp³-hybridized carbons (Fsp3) is 0.545. The molecule has 1 unspecified atom stereocenters. The van der Waals surface area contributed by atoms with E-state index in [0.717, 1.165) is 4.68 Å². The Morgan fingerprint density at radius 2 is 2.39 bits per heavy atom. The van der Waals surface area contributed by atoms with Gasteiger partial charge in [0.05, 0.1) is 19.4 Å². The first kappa shape index (κ1) is 14.2. The van der Waals surface area contributed by atoms with Gasteiger partial charge >= 0.3 is 0 Å². The van der Waals surface area contributed by atoms with Gasteiger partial charge in [-0.2, -0.15) is 15.0 Å². The molecule has 2 N–H and O–H groups in total. The molecule has 1 heterocycles. The Morgan fingerprint density at radius 1 is 1.67 bits per heavy atom. The molecular formula is C11H16N4O3. The van der Waals surface area contributed by atoms with Gasteiger partial charge < -0.3 is 15.2 Å². The molecule has 7 heteroatoms. The van der Waals surface area contributed by atoms with E-state index in [4.69, 9.17) is 20.5 Å². The second kappa shape index (κ2) is 6.74. The molecular weight excluding hydrogens is 236 g/mol. The highest BCUT2D eigenvalue weighted by Gasteiger charge is 2.20. The highest BCUT2D eigenvalue weighted by atomic mass is 16.5. The average Bonchev–Trinajstić information content (AvgIpc) is 2.74. The lowest BCUT2D eigenvalue weighted by atomic mass is 10.3. The molecule has 7 nitrogen and oxygen atoms in total. The third-order valence-corrected chi connectivity index (χ3v) is 2.28. The van der Waals surface area contributed by atoms with Crippen molar-refractivity contribution in [1.29, 1.82) is 5.26 Å². The summed E-state index contributed by atoms with van der Waals surface area (Å²) in [6, 6.07) is 1.85.